The van der Waals surface area contributed by atoms with E-state index in [2.05, 4.69) is 4.72 Å². The Balaban J connectivity index is 2.14. The van der Waals surface area contributed by atoms with Crippen LogP contribution in [0.5, 0.6) is 0 Å². The number of benzene rings is 2. The Hall–Kier alpha value is -2.41. The van der Waals surface area contributed by atoms with E-state index in [4.69, 9.17) is 0 Å². The molecule has 0 spiro atoms. The van der Waals surface area contributed by atoms with Gasteiger partial charge in [0.1, 0.15) is 5.82 Å². The number of hydrogen-bond donors (Lipinski definition) is 1. The molecule has 7 heteroatoms. The van der Waals surface area contributed by atoms with Crippen LogP contribution in [0.4, 0.5) is 10.1 Å². The molecule has 0 radical (unpaired) electrons. The number of sulfonamides is 1. The summed E-state index contributed by atoms with van der Waals surface area (Å²) in [6, 6.07) is 10.2. The minimum atomic E-state index is -3.89. The number of hydrogen-bond acceptors (Lipinski definition) is 3. The molecule has 1 N–H and O–H groups in total. The van der Waals surface area contributed by atoms with Gasteiger partial charge in [0, 0.05) is 18.8 Å². The molecule has 0 atom stereocenters. The Bertz CT molecular complexity index is 876. The first kappa shape index (κ1) is 19.9. The zero-order valence-electron chi connectivity index (χ0n) is 15.1. The molecule has 2 rings (SSSR count). The van der Waals surface area contributed by atoms with Crippen LogP contribution >= 0.6 is 0 Å². The molecule has 0 fully saturated rings. The number of halogens is 1. The Morgan fingerprint density at radius 1 is 1.08 bits per heavy atom. The standard InChI is InChI=1S/C19H23FN2O3S/c1-4-22(5-2)19(23)12-15-7-10-17(11-8-15)21-26(24,25)18-13-16(20)9-6-14(18)3/h6-11,13,21H,4-5,12H2,1-3H3. The number of nitrogens with zero attached hydrogens (tertiary/aromatic N) is 1. The Labute approximate surface area is 153 Å². The fourth-order valence-electron chi connectivity index (χ4n) is 2.63. The molecule has 140 valence electrons. The molecular weight excluding hydrogens is 355 g/mol. The molecule has 0 aromatic heterocycles. The molecule has 0 unspecified atom stereocenters. The highest BCUT2D eigenvalue weighted by atomic mass is 32.2. The van der Waals surface area contributed by atoms with E-state index >= 15 is 0 Å². The SMILES string of the molecule is CCN(CC)C(=O)Cc1ccc(NS(=O)(=O)c2cc(F)ccc2C)cc1. The van der Waals surface area contributed by atoms with Crippen LogP contribution in [0.15, 0.2) is 47.4 Å². The van der Waals surface area contributed by atoms with Crippen molar-refractivity contribution in [3.05, 3.63) is 59.4 Å². The zero-order chi connectivity index (χ0) is 19.3. The molecule has 2 aromatic carbocycles. The van der Waals surface area contributed by atoms with Gasteiger partial charge >= 0.3 is 0 Å². The van der Waals surface area contributed by atoms with Crippen molar-refractivity contribution in [3.63, 3.8) is 0 Å². The summed E-state index contributed by atoms with van der Waals surface area (Å²) in [5, 5.41) is 0. The van der Waals surface area contributed by atoms with Crippen molar-refractivity contribution >= 4 is 21.6 Å². The lowest BCUT2D eigenvalue weighted by molar-refractivity contribution is -0.130. The van der Waals surface area contributed by atoms with Crippen molar-refractivity contribution in [2.45, 2.75) is 32.1 Å². The van der Waals surface area contributed by atoms with Crippen LogP contribution in [-0.2, 0) is 21.2 Å². The van der Waals surface area contributed by atoms with Gasteiger partial charge in [0.2, 0.25) is 5.91 Å². The molecular formula is C19H23FN2O3S. The Morgan fingerprint density at radius 2 is 1.69 bits per heavy atom. The van der Waals surface area contributed by atoms with Crippen LogP contribution in [0.3, 0.4) is 0 Å². The van der Waals surface area contributed by atoms with Gasteiger partial charge < -0.3 is 4.90 Å². The van der Waals surface area contributed by atoms with E-state index < -0.39 is 15.8 Å². The average Bonchev–Trinajstić information content (AvgIpc) is 2.59. The van der Waals surface area contributed by atoms with E-state index in [1.807, 2.05) is 13.8 Å². The van der Waals surface area contributed by atoms with E-state index in [1.165, 1.54) is 12.1 Å². The fraction of sp³-hybridized carbons (Fsp3) is 0.316. The quantitative estimate of drug-likeness (QED) is 0.803. The van der Waals surface area contributed by atoms with Crippen LogP contribution in [0.1, 0.15) is 25.0 Å². The number of rotatable bonds is 7. The molecule has 0 aliphatic rings. The van der Waals surface area contributed by atoms with E-state index in [1.54, 1.807) is 36.1 Å². The van der Waals surface area contributed by atoms with Crippen molar-refractivity contribution in [1.82, 2.24) is 4.90 Å². The third kappa shape index (κ3) is 4.82. The normalized spacial score (nSPS) is 11.2. The minimum absolute atomic E-state index is 0.0266. The maximum absolute atomic E-state index is 13.4. The van der Waals surface area contributed by atoms with E-state index in [9.17, 15) is 17.6 Å². The fourth-order valence-corrected chi connectivity index (χ4v) is 3.94. The molecule has 0 aliphatic carbocycles. The highest BCUT2D eigenvalue weighted by Crippen LogP contribution is 2.21. The first-order valence-corrected chi connectivity index (χ1v) is 9.90. The van der Waals surface area contributed by atoms with Crippen molar-refractivity contribution < 1.29 is 17.6 Å². The van der Waals surface area contributed by atoms with Crippen LogP contribution in [-0.4, -0.2) is 32.3 Å². The number of likely N-dealkylation sites (N-methyl/N-ethyl adjacent to an activating group) is 1. The summed E-state index contributed by atoms with van der Waals surface area (Å²) in [6.45, 7) is 6.76. The summed E-state index contributed by atoms with van der Waals surface area (Å²) < 4.78 is 40.8. The van der Waals surface area contributed by atoms with Gasteiger partial charge in [-0.15, -0.1) is 0 Å². The first-order chi connectivity index (χ1) is 12.3. The van der Waals surface area contributed by atoms with Crippen LogP contribution in [0, 0.1) is 12.7 Å². The van der Waals surface area contributed by atoms with Crippen molar-refractivity contribution in [1.29, 1.82) is 0 Å². The van der Waals surface area contributed by atoms with Gasteiger partial charge in [-0.05, 0) is 56.2 Å². The predicted octanol–water partition coefficient (Wildman–Crippen LogP) is 3.35. The van der Waals surface area contributed by atoms with Crippen molar-refractivity contribution in [2.75, 3.05) is 17.8 Å². The van der Waals surface area contributed by atoms with E-state index in [0.717, 1.165) is 11.6 Å². The van der Waals surface area contributed by atoms with E-state index in [-0.39, 0.29) is 17.2 Å². The van der Waals surface area contributed by atoms with Gasteiger partial charge in [-0.3, -0.25) is 9.52 Å². The number of carbonyl (C=O) groups excluding carboxylic acids is 1. The number of carbonyl (C=O) groups is 1. The summed E-state index contributed by atoms with van der Waals surface area (Å²) in [6.07, 6.45) is 0.262. The second kappa shape index (κ2) is 8.31. The van der Waals surface area contributed by atoms with E-state index in [0.29, 0.717) is 24.3 Å². The third-order valence-electron chi connectivity index (χ3n) is 4.12. The molecule has 0 saturated carbocycles. The molecule has 1 amide bonds. The molecule has 5 nitrogen and oxygen atoms in total. The molecule has 0 saturated heterocycles. The highest BCUT2D eigenvalue weighted by molar-refractivity contribution is 7.92. The summed E-state index contributed by atoms with van der Waals surface area (Å²) in [5.74, 6) is -0.583. The molecule has 0 bridgehead atoms. The second-order valence-electron chi connectivity index (χ2n) is 5.96. The number of nitrogens with one attached hydrogen (secondary N) is 1. The molecule has 0 aliphatic heterocycles. The molecule has 26 heavy (non-hydrogen) atoms. The summed E-state index contributed by atoms with van der Waals surface area (Å²) in [4.78, 5) is 13.8. The summed E-state index contributed by atoms with van der Waals surface area (Å²) in [7, 11) is -3.89. The van der Waals surface area contributed by atoms with Crippen molar-refractivity contribution in [2.24, 2.45) is 0 Å². The van der Waals surface area contributed by atoms with Gasteiger partial charge in [-0.1, -0.05) is 18.2 Å². The third-order valence-corrected chi connectivity index (χ3v) is 5.64. The Morgan fingerprint density at radius 3 is 2.27 bits per heavy atom. The monoisotopic (exact) mass is 378 g/mol. The van der Waals surface area contributed by atoms with Crippen LogP contribution < -0.4 is 4.72 Å². The predicted molar refractivity (Wildman–Crippen MR) is 100 cm³/mol. The van der Waals surface area contributed by atoms with Crippen LogP contribution in [0.25, 0.3) is 0 Å². The first-order valence-electron chi connectivity index (χ1n) is 8.42. The molecule has 2 aromatic rings. The van der Waals surface area contributed by atoms with Crippen molar-refractivity contribution in [3.8, 4) is 0 Å². The Kier molecular flexibility index (Phi) is 6.37. The molecule has 0 heterocycles. The smallest absolute Gasteiger partial charge is 0.262 e. The lowest BCUT2D eigenvalue weighted by Crippen LogP contribution is -2.31. The average molecular weight is 378 g/mol. The number of amides is 1. The summed E-state index contributed by atoms with van der Waals surface area (Å²) >= 11 is 0. The second-order valence-corrected chi connectivity index (χ2v) is 7.61. The van der Waals surface area contributed by atoms with Gasteiger partial charge in [-0.2, -0.15) is 0 Å². The highest BCUT2D eigenvalue weighted by Gasteiger charge is 2.18. The van der Waals surface area contributed by atoms with Crippen LogP contribution in [0.2, 0.25) is 0 Å². The topological polar surface area (TPSA) is 66.5 Å². The van der Waals surface area contributed by atoms with Gasteiger partial charge in [0.15, 0.2) is 0 Å². The summed E-state index contributed by atoms with van der Waals surface area (Å²) in [5.41, 5.74) is 1.61. The maximum atomic E-state index is 13.4. The lowest BCUT2D eigenvalue weighted by atomic mass is 10.1. The van der Waals surface area contributed by atoms with Gasteiger partial charge in [0.05, 0.1) is 11.3 Å². The van der Waals surface area contributed by atoms with Gasteiger partial charge in [-0.25, -0.2) is 12.8 Å². The van der Waals surface area contributed by atoms with Gasteiger partial charge in [0.25, 0.3) is 10.0 Å². The largest absolute Gasteiger partial charge is 0.343 e. The number of anilines is 1. The maximum Gasteiger partial charge on any atom is 0.262 e. The lowest BCUT2D eigenvalue weighted by Gasteiger charge is -2.18. The minimum Gasteiger partial charge on any atom is -0.343 e. The number of aryl methyl sites for hydroxylation is 1. The zero-order valence-corrected chi connectivity index (χ0v) is 15.9.